The molecule has 21 heavy (non-hydrogen) atoms. The van der Waals surface area contributed by atoms with Crippen molar-refractivity contribution in [3.8, 4) is 0 Å². The Morgan fingerprint density at radius 1 is 1.19 bits per heavy atom. The number of hydrogen-bond acceptors (Lipinski definition) is 3. The van der Waals surface area contributed by atoms with Crippen LogP contribution < -0.4 is 5.32 Å². The third-order valence-corrected chi connectivity index (χ3v) is 3.52. The van der Waals surface area contributed by atoms with Gasteiger partial charge >= 0.3 is 6.18 Å². The number of halogens is 4. The van der Waals surface area contributed by atoms with Crippen LogP contribution in [0.2, 0.25) is 0 Å². The zero-order valence-electron chi connectivity index (χ0n) is 11.4. The molecule has 1 heterocycles. The van der Waals surface area contributed by atoms with Gasteiger partial charge in [-0.15, -0.1) is 12.4 Å². The molecule has 1 saturated heterocycles. The summed E-state index contributed by atoms with van der Waals surface area (Å²) in [7, 11) is 0. The fourth-order valence-corrected chi connectivity index (χ4v) is 2.42. The van der Waals surface area contributed by atoms with Crippen LogP contribution in [-0.4, -0.2) is 37.1 Å². The minimum Gasteiger partial charge on any atom is -0.382 e. The van der Waals surface area contributed by atoms with Crippen molar-refractivity contribution in [3.63, 3.8) is 0 Å². The summed E-state index contributed by atoms with van der Waals surface area (Å²) in [6, 6.07) is 8.42. The van der Waals surface area contributed by atoms with Gasteiger partial charge in [0.25, 0.3) is 0 Å². The van der Waals surface area contributed by atoms with Gasteiger partial charge in [-0.25, -0.2) is 0 Å². The summed E-state index contributed by atoms with van der Waals surface area (Å²) in [5.74, 6) is 0. The highest BCUT2D eigenvalue weighted by Gasteiger charge is 2.43. The summed E-state index contributed by atoms with van der Waals surface area (Å²) in [4.78, 5) is 0. The van der Waals surface area contributed by atoms with Crippen molar-refractivity contribution in [1.29, 1.82) is 0 Å². The van der Waals surface area contributed by atoms with E-state index in [1.165, 1.54) is 0 Å². The molecule has 0 spiro atoms. The monoisotopic (exact) mass is 325 g/mol. The van der Waals surface area contributed by atoms with Crippen LogP contribution in [0.3, 0.4) is 0 Å². The maximum atomic E-state index is 12.5. The first-order valence-electron chi connectivity index (χ1n) is 6.59. The first-order valence-corrected chi connectivity index (χ1v) is 6.59. The van der Waals surface area contributed by atoms with Gasteiger partial charge in [-0.3, -0.25) is 0 Å². The SMILES string of the molecule is Cl.O[C@](CCC(F)(F)F)(c1ccccc1)[C@@H]1CNCCO1. The van der Waals surface area contributed by atoms with Crippen molar-refractivity contribution in [1.82, 2.24) is 5.32 Å². The van der Waals surface area contributed by atoms with E-state index in [1.807, 2.05) is 0 Å². The van der Waals surface area contributed by atoms with E-state index in [9.17, 15) is 18.3 Å². The molecule has 0 unspecified atom stereocenters. The molecule has 0 aromatic heterocycles. The van der Waals surface area contributed by atoms with E-state index in [0.29, 0.717) is 25.3 Å². The van der Waals surface area contributed by atoms with E-state index in [0.717, 1.165) is 0 Å². The van der Waals surface area contributed by atoms with Gasteiger partial charge in [0.05, 0.1) is 6.61 Å². The summed E-state index contributed by atoms with van der Waals surface area (Å²) < 4.78 is 43.0. The van der Waals surface area contributed by atoms with Gasteiger partial charge in [0.15, 0.2) is 0 Å². The number of rotatable bonds is 4. The minimum absolute atomic E-state index is 0. The van der Waals surface area contributed by atoms with Crippen LogP contribution in [0.15, 0.2) is 30.3 Å². The van der Waals surface area contributed by atoms with E-state index >= 15 is 0 Å². The predicted molar refractivity (Wildman–Crippen MR) is 75.5 cm³/mol. The van der Waals surface area contributed by atoms with Gasteiger partial charge in [-0.2, -0.15) is 13.2 Å². The lowest BCUT2D eigenvalue weighted by Gasteiger charge is -2.39. The quantitative estimate of drug-likeness (QED) is 0.894. The average molecular weight is 326 g/mol. The van der Waals surface area contributed by atoms with Gasteiger partial charge in [-0.05, 0) is 12.0 Å². The third-order valence-electron chi connectivity index (χ3n) is 3.52. The van der Waals surface area contributed by atoms with Crippen molar-refractivity contribution in [2.75, 3.05) is 19.7 Å². The topological polar surface area (TPSA) is 41.5 Å². The molecule has 0 saturated carbocycles. The van der Waals surface area contributed by atoms with E-state index in [2.05, 4.69) is 5.32 Å². The highest BCUT2D eigenvalue weighted by Crippen LogP contribution is 2.36. The zero-order chi connectivity index (χ0) is 14.6. The third kappa shape index (κ3) is 4.85. The second-order valence-corrected chi connectivity index (χ2v) is 4.97. The zero-order valence-corrected chi connectivity index (χ0v) is 12.2. The predicted octanol–water partition coefficient (Wildman–Crippen LogP) is 2.63. The molecule has 120 valence electrons. The van der Waals surface area contributed by atoms with E-state index < -0.39 is 30.7 Å². The fraction of sp³-hybridized carbons (Fsp3) is 0.571. The molecule has 1 aromatic rings. The summed E-state index contributed by atoms with van der Waals surface area (Å²) in [6.45, 7) is 1.36. The molecule has 1 aliphatic rings. The average Bonchev–Trinajstić information content (AvgIpc) is 2.46. The lowest BCUT2D eigenvalue weighted by Crippen LogP contribution is -2.51. The van der Waals surface area contributed by atoms with Crippen LogP contribution >= 0.6 is 12.4 Å². The summed E-state index contributed by atoms with van der Waals surface area (Å²) >= 11 is 0. The number of nitrogens with one attached hydrogen (secondary N) is 1. The van der Waals surface area contributed by atoms with E-state index in [4.69, 9.17) is 4.74 Å². The van der Waals surface area contributed by atoms with Gasteiger partial charge in [0.2, 0.25) is 0 Å². The molecule has 0 amide bonds. The second kappa shape index (κ2) is 7.45. The number of benzene rings is 1. The molecule has 2 N–H and O–H groups in total. The van der Waals surface area contributed by atoms with Crippen LogP contribution in [0.1, 0.15) is 18.4 Å². The highest BCUT2D eigenvalue weighted by molar-refractivity contribution is 5.85. The number of hydrogen-bond donors (Lipinski definition) is 2. The molecule has 1 aromatic carbocycles. The second-order valence-electron chi connectivity index (χ2n) is 4.97. The number of morpholine rings is 1. The molecule has 0 bridgehead atoms. The largest absolute Gasteiger partial charge is 0.389 e. The Bertz CT molecular complexity index is 424. The molecule has 1 aliphatic heterocycles. The van der Waals surface area contributed by atoms with Crippen molar-refractivity contribution in [3.05, 3.63) is 35.9 Å². The number of ether oxygens (including phenoxy) is 1. The first kappa shape index (κ1) is 18.2. The van der Waals surface area contributed by atoms with Crippen molar-refractivity contribution in [2.45, 2.75) is 30.7 Å². The molecule has 2 atom stereocenters. The standard InChI is InChI=1S/C14H18F3NO2.ClH/c15-14(16,17)7-6-13(19,11-4-2-1-3-5-11)12-10-18-8-9-20-12;/h1-5,12,18-19H,6-10H2;1H/t12-,13+;/m0./s1. The van der Waals surface area contributed by atoms with Gasteiger partial charge in [0, 0.05) is 19.5 Å². The highest BCUT2D eigenvalue weighted by atomic mass is 35.5. The maximum absolute atomic E-state index is 12.5. The Kier molecular flexibility index (Phi) is 6.46. The van der Waals surface area contributed by atoms with Gasteiger partial charge < -0.3 is 15.2 Å². The molecular weight excluding hydrogens is 307 g/mol. The number of aliphatic hydroxyl groups is 1. The molecule has 0 aliphatic carbocycles. The maximum Gasteiger partial charge on any atom is 0.389 e. The van der Waals surface area contributed by atoms with Crippen LogP contribution in [0.5, 0.6) is 0 Å². The fourth-order valence-electron chi connectivity index (χ4n) is 2.42. The Morgan fingerprint density at radius 3 is 2.38 bits per heavy atom. The Morgan fingerprint density at radius 2 is 1.86 bits per heavy atom. The number of alkyl halides is 3. The molecule has 2 rings (SSSR count). The molecular formula is C14H19ClF3NO2. The molecule has 7 heteroatoms. The van der Waals surface area contributed by atoms with Crippen LogP contribution in [0, 0.1) is 0 Å². The van der Waals surface area contributed by atoms with Gasteiger partial charge in [0.1, 0.15) is 11.7 Å². The molecule has 3 nitrogen and oxygen atoms in total. The molecule has 1 fully saturated rings. The van der Waals surface area contributed by atoms with Crippen LogP contribution in [0.25, 0.3) is 0 Å². The summed E-state index contributed by atoms with van der Waals surface area (Å²) in [5.41, 5.74) is -1.18. The Hall–Kier alpha value is -0.820. The van der Waals surface area contributed by atoms with Gasteiger partial charge in [-0.1, -0.05) is 30.3 Å². The van der Waals surface area contributed by atoms with Crippen LogP contribution in [0.4, 0.5) is 13.2 Å². The van der Waals surface area contributed by atoms with Crippen molar-refractivity contribution < 1.29 is 23.0 Å². The Labute approximate surface area is 127 Å². The smallest absolute Gasteiger partial charge is 0.382 e. The minimum atomic E-state index is -4.30. The van der Waals surface area contributed by atoms with E-state index in [-0.39, 0.29) is 12.4 Å². The first-order chi connectivity index (χ1) is 9.42. The van der Waals surface area contributed by atoms with Crippen molar-refractivity contribution in [2.24, 2.45) is 0 Å². The lowest BCUT2D eigenvalue weighted by molar-refractivity contribution is -0.171. The summed E-state index contributed by atoms with van der Waals surface area (Å²) in [6.07, 6.45) is -6.43. The molecule has 0 radical (unpaired) electrons. The Balaban J connectivity index is 0.00000220. The normalized spacial score (nSPS) is 22.2. The summed E-state index contributed by atoms with van der Waals surface area (Å²) in [5, 5.41) is 13.8. The van der Waals surface area contributed by atoms with E-state index in [1.54, 1.807) is 30.3 Å². The van der Waals surface area contributed by atoms with Crippen molar-refractivity contribution >= 4 is 12.4 Å². The lowest BCUT2D eigenvalue weighted by atomic mass is 9.83. The van der Waals surface area contributed by atoms with Crippen LogP contribution in [-0.2, 0) is 10.3 Å².